The highest BCUT2D eigenvalue weighted by molar-refractivity contribution is 8.26. The molecule has 1 heterocycles. The maximum absolute atomic E-state index is 13.3. The minimum atomic E-state index is -1.18. The first-order valence-corrected chi connectivity index (χ1v) is 14.1. The summed E-state index contributed by atoms with van der Waals surface area (Å²) in [7, 11) is 0. The fourth-order valence-electron chi connectivity index (χ4n) is 4.18. The van der Waals surface area contributed by atoms with Gasteiger partial charge in [0.25, 0.3) is 5.91 Å². The molecule has 1 fully saturated rings. The molecule has 198 valence electrons. The normalized spacial score (nSPS) is 16.2. The van der Waals surface area contributed by atoms with E-state index < -0.39 is 17.9 Å². The van der Waals surface area contributed by atoms with Crippen molar-refractivity contribution >= 4 is 46.3 Å². The van der Waals surface area contributed by atoms with Crippen LogP contribution in [0.25, 0.3) is 6.08 Å². The molecule has 3 rings (SSSR count). The van der Waals surface area contributed by atoms with Gasteiger partial charge in [0.1, 0.15) is 4.32 Å². The monoisotopic (exact) mass is 541 g/mol. The third kappa shape index (κ3) is 7.82. The molecule has 2 unspecified atom stereocenters. The first-order chi connectivity index (χ1) is 17.8. The molecule has 0 radical (unpaired) electrons. The van der Waals surface area contributed by atoms with Crippen LogP contribution in [-0.2, 0) is 9.59 Å². The van der Waals surface area contributed by atoms with Gasteiger partial charge in [-0.05, 0) is 56.0 Å². The molecular formula is C29H35NO5S2. The molecule has 8 heteroatoms. The van der Waals surface area contributed by atoms with Crippen LogP contribution in [0.15, 0.2) is 53.4 Å². The van der Waals surface area contributed by atoms with Gasteiger partial charge in [-0.3, -0.25) is 9.69 Å². The summed E-state index contributed by atoms with van der Waals surface area (Å²) in [5.41, 5.74) is 1.24. The molecule has 2 atom stereocenters. The Bertz CT molecular complexity index is 1120. The summed E-state index contributed by atoms with van der Waals surface area (Å²) < 4.78 is 12.2. The van der Waals surface area contributed by atoms with E-state index in [0.29, 0.717) is 28.6 Å². The summed E-state index contributed by atoms with van der Waals surface area (Å²) in [6, 6.07) is 13.0. The van der Waals surface area contributed by atoms with E-state index in [1.807, 2.05) is 25.1 Å². The number of nitrogens with zero attached hydrogens (tertiary/aromatic N) is 1. The number of aliphatic carboxylic acids is 1. The van der Waals surface area contributed by atoms with Gasteiger partial charge in [-0.1, -0.05) is 93.0 Å². The van der Waals surface area contributed by atoms with Gasteiger partial charge < -0.3 is 14.6 Å². The molecule has 2 aromatic rings. The SMILES string of the molecule is CCCCCCCC(C)Oc1ccc(/C=C2/SC(=S)N(C(C(=O)O)c3ccccc3)C2=O)cc1OCC. The van der Waals surface area contributed by atoms with Gasteiger partial charge in [0.15, 0.2) is 17.5 Å². The molecule has 1 saturated heterocycles. The smallest absolute Gasteiger partial charge is 0.331 e. The second kappa shape index (κ2) is 14.2. The van der Waals surface area contributed by atoms with E-state index in [-0.39, 0.29) is 10.4 Å². The van der Waals surface area contributed by atoms with Crippen molar-refractivity contribution in [3.63, 3.8) is 0 Å². The number of carbonyl (C=O) groups excluding carboxylic acids is 1. The first kappa shape index (κ1) is 28.7. The summed E-state index contributed by atoms with van der Waals surface area (Å²) >= 11 is 6.52. The van der Waals surface area contributed by atoms with Crippen molar-refractivity contribution in [2.24, 2.45) is 0 Å². The maximum atomic E-state index is 13.3. The molecule has 6 nitrogen and oxygen atoms in total. The summed E-state index contributed by atoms with van der Waals surface area (Å²) in [5.74, 6) is -0.288. The zero-order valence-electron chi connectivity index (χ0n) is 21.6. The lowest BCUT2D eigenvalue weighted by Crippen LogP contribution is -2.37. The van der Waals surface area contributed by atoms with Gasteiger partial charge in [0.05, 0.1) is 17.6 Å². The third-order valence-electron chi connectivity index (χ3n) is 6.04. The summed E-state index contributed by atoms with van der Waals surface area (Å²) in [6.07, 6.45) is 8.86. The van der Waals surface area contributed by atoms with Crippen molar-refractivity contribution in [2.45, 2.75) is 71.4 Å². The highest BCUT2D eigenvalue weighted by Crippen LogP contribution is 2.39. The second-order valence-corrected chi connectivity index (χ2v) is 10.6. The highest BCUT2D eigenvalue weighted by atomic mass is 32.2. The van der Waals surface area contributed by atoms with Crippen LogP contribution in [-0.4, -0.2) is 38.9 Å². The number of ether oxygens (including phenoxy) is 2. The van der Waals surface area contributed by atoms with Crippen LogP contribution >= 0.6 is 24.0 Å². The molecule has 1 N–H and O–H groups in total. The standard InChI is InChI=1S/C29H35NO5S2/c1-4-6-7-8-10-13-20(3)35-23-17-16-21(18-24(23)34-5-2)19-25-27(31)30(29(36)37-25)26(28(32)33)22-14-11-9-12-15-22/h9,11-12,14-20,26H,4-8,10,13H2,1-3H3,(H,32,33)/b25-19+. The molecular weight excluding hydrogens is 506 g/mol. The van der Waals surface area contributed by atoms with Crippen molar-refractivity contribution in [1.29, 1.82) is 0 Å². The number of carbonyl (C=O) groups is 2. The Morgan fingerprint density at radius 1 is 1.08 bits per heavy atom. The van der Waals surface area contributed by atoms with Gasteiger partial charge in [0, 0.05) is 0 Å². The van der Waals surface area contributed by atoms with Crippen molar-refractivity contribution in [2.75, 3.05) is 6.61 Å². The molecule has 1 aliphatic rings. The van der Waals surface area contributed by atoms with Crippen LogP contribution in [0.4, 0.5) is 0 Å². The van der Waals surface area contributed by atoms with E-state index in [1.165, 1.54) is 30.6 Å². The van der Waals surface area contributed by atoms with Crippen LogP contribution < -0.4 is 9.47 Å². The van der Waals surface area contributed by atoms with E-state index in [9.17, 15) is 14.7 Å². The fourth-order valence-corrected chi connectivity index (χ4v) is 5.50. The summed E-state index contributed by atoms with van der Waals surface area (Å²) in [6.45, 7) is 6.67. The number of benzene rings is 2. The molecule has 0 spiro atoms. The Labute approximate surface area is 229 Å². The number of hydrogen-bond acceptors (Lipinski definition) is 6. The van der Waals surface area contributed by atoms with Gasteiger partial charge >= 0.3 is 5.97 Å². The predicted octanol–water partition coefficient (Wildman–Crippen LogP) is 7.24. The fraction of sp³-hybridized carbons (Fsp3) is 0.414. The average molecular weight is 542 g/mol. The number of carboxylic acids is 1. The van der Waals surface area contributed by atoms with Crippen molar-refractivity contribution < 1.29 is 24.2 Å². The molecule has 0 saturated carbocycles. The van der Waals surface area contributed by atoms with E-state index in [4.69, 9.17) is 21.7 Å². The third-order valence-corrected chi connectivity index (χ3v) is 7.37. The number of amides is 1. The number of unbranched alkanes of at least 4 members (excludes halogenated alkanes) is 4. The average Bonchev–Trinajstić information content (AvgIpc) is 3.14. The van der Waals surface area contributed by atoms with Crippen LogP contribution in [0.5, 0.6) is 11.5 Å². The zero-order chi connectivity index (χ0) is 26.8. The number of thiocarbonyl (C=S) groups is 1. The number of hydrogen-bond donors (Lipinski definition) is 1. The minimum absolute atomic E-state index is 0.0638. The molecule has 0 bridgehead atoms. The Balaban J connectivity index is 1.76. The molecule has 0 aliphatic carbocycles. The molecule has 1 aliphatic heterocycles. The molecule has 37 heavy (non-hydrogen) atoms. The number of carboxylic acid groups (broad SMARTS) is 1. The lowest BCUT2D eigenvalue weighted by atomic mass is 10.1. The van der Waals surface area contributed by atoms with Crippen LogP contribution in [0.2, 0.25) is 0 Å². The van der Waals surface area contributed by atoms with Gasteiger partial charge in [-0.2, -0.15) is 0 Å². The largest absolute Gasteiger partial charge is 0.490 e. The Kier molecular flexibility index (Phi) is 11.0. The van der Waals surface area contributed by atoms with Gasteiger partial charge in [-0.15, -0.1) is 0 Å². The number of rotatable bonds is 14. The quantitative estimate of drug-likeness (QED) is 0.153. The van der Waals surface area contributed by atoms with E-state index in [2.05, 4.69) is 13.8 Å². The van der Waals surface area contributed by atoms with Crippen LogP contribution in [0.3, 0.4) is 0 Å². The Morgan fingerprint density at radius 3 is 2.49 bits per heavy atom. The molecule has 0 aromatic heterocycles. The molecule has 2 aromatic carbocycles. The highest BCUT2D eigenvalue weighted by Gasteiger charge is 2.41. The zero-order valence-corrected chi connectivity index (χ0v) is 23.3. The predicted molar refractivity (Wildman–Crippen MR) is 153 cm³/mol. The van der Waals surface area contributed by atoms with E-state index in [1.54, 1.807) is 36.4 Å². The summed E-state index contributed by atoms with van der Waals surface area (Å²) in [4.78, 5) is 26.9. The summed E-state index contributed by atoms with van der Waals surface area (Å²) in [5, 5.41) is 9.88. The van der Waals surface area contributed by atoms with Crippen LogP contribution in [0.1, 0.15) is 76.5 Å². The lowest BCUT2D eigenvalue weighted by Gasteiger charge is -2.23. The first-order valence-electron chi connectivity index (χ1n) is 12.8. The molecule has 1 amide bonds. The topological polar surface area (TPSA) is 76.1 Å². The van der Waals surface area contributed by atoms with Gasteiger partial charge in [0.2, 0.25) is 0 Å². The maximum Gasteiger partial charge on any atom is 0.331 e. The lowest BCUT2D eigenvalue weighted by molar-refractivity contribution is -0.145. The Hall–Kier alpha value is -2.84. The van der Waals surface area contributed by atoms with Gasteiger partial charge in [-0.25, -0.2) is 4.79 Å². The van der Waals surface area contributed by atoms with E-state index in [0.717, 1.165) is 30.2 Å². The number of thioether (sulfide) groups is 1. The second-order valence-electron chi connectivity index (χ2n) is 8.97. The Morgan fingerprint density at radius 2 is 1.81 bits per heavy atom. The van der Waals surface area contributed by atoms with Crippen molar-refractivity contribution in [3.05, 3.63) is 64.6 Å². The van der Waals surface area contributed by atoms with E-state index >= 15 is 0 Å². The minimum Gasteiger partial charge on any atom is -0.490 e. The van der Waals surface area contributed by atoms with Crippen molar-refractivity contribution in [1.82, 2.24) is 4.90 Å². The van der Waals surface area contributed by atoms with Crippen molar-refractivity contribution in [3.8, 4) is 11.5 Å². The van der Waals surface area contributed by atoms with Crippen LogP contribution in [0, 0.1) is 0 Å².